The molecule has 1 aliphatic carbocycles. The van der Waals surface area contributed by atoms with Gasteiger partial charge in [-0.1, -0.05) is 18.5 Å². The standard InChI is InChI=1S/C14H22ClN3O/c1-4-12-14(15)13(18(3)16-12)9-17(2)10-5-7-11(19)8-6-10/h10H,4-9H2,1-3H3. The fourth-order valence-electron chi connectivity index (χ4n) is 2.72. The molecule has 0 bridgehead atoms. The molecule has 2 rings (SSSR count). The van der Waals surface area contributed by atoms with Crippen LogP contribution in [0.5, 0.6) is 0 Å². The minimum Gasteiger partial charge on any atom is -0.300 e. The number of carbonyl (C=O) groups excluding carboxylic acids is 1. The van der Waals surface area contributed by atoms with Crippen molar-refractivity contribution in [2.24, 2.45) is 7.05 Å². The Morgan fingerprint density at radius 2 is 2.05 bits per heavy atom. The normalized spacial score (nSPS) is 17.4. The molecule has 1 aliphatic rings. The fraction of sp³-hybridized carbons (Fsp3) is 0.714. The summed E-state index contributed by atoms with van der Waals surface area (Å²) >= 11 is 6.37. The first-order valence-electron chi connectivity index (χ1n) is 6.95. The largest absolute Gasteiger partial charge is 0.300 e. The zero-order chi connectivity index (χ0) is 14.0. The Morgan fingerprint density at radius 1 is 1.42 bits per heavy atom. The van der Waals surface area contributed by atoms with Gasteiger partial charge in [0.1, 0.15) is 5.78 Å². The lowest BCUT2D eigenvalue weighted by molar-refractivity contribution is -0.121. The number of hydrogen-bond donors (Lipinski definition) is 0. The molecule has 19 heavy (non-hydrogen) atoms. The summed E-state index contributed by atoms with van der Waals surface area (Å²) in [6.07, 6.45) is 4.22. The molecule has 0 saturated heterocycles. The molecule has 1 fully saturated rings. The van der Waals surface area contributed by atoms with Crippen LogP contribution >= 0.6 is 11.6 Å². The number of Topliss-reactive ketones (excluding diaryl/α,β-unsaturated/α-hetero) is 1. The van der Waals surface area contributed by atoms with Crippen molar-refractivity contribution >= 4 is 17.4 Å². The smallest absolute Gasteiger partial charge is 0.133 e. The number of nitrogens with zero attached hydrogens (tertiary/aromatic N) is 3. The van der Waals surface area contributed by atoms with Crippen molar-refractivity contribution in [2.45, 2.75) is 51.6 Å². The molecule has 5 heteroatoms. The van der Waals surface area contributed by atoms with E-state index in [1.165, 1.54) is 0 Å². The second kappa shape index (κ2) is 6.06. The SMILES string of the molecule is CCc1nn(C)c(CN(C)C2CCC(=O)CC2)c1Cl. The van der Waals surface area contributed by atoms with Crippen LogP contribution in [-0.4, -0.2) is 33.6 Å². The zero-order valence-electron chi connectivity index (χ0n) is 11.9. The molecule has 0 unspecified atom stereocenters. The van der Waals surface area contributed by atoms with E-state index in [4.69, 9.17) is 11.6 Å². The Kier molecular flexibility index (Phi) is 4.63. The maximum absolute atomic E-state index is 11.3. The maximum atomic E-state index is 11.3. The van der Waals surface area contributed by atoms with Crippen LogP contribution in [0, 0.1) is 0 Å². The van der Waals surface area contributed by atoms with Gasteiger partial charge in [0.2, 0.25) is 0 Å². The number of hydrogen-bond acceptors (Lipinski definition) is 3. The number of carbonyl (C=O) groups is 1. The van der Waals surface area contributed by atoms with E-state index < -0.39 is 0 Å². The van der Waals surface area contributed by atoms with E-state index in [0.717, 1.165) is 42.2 Å². The molecule has 1 aromatic rings. The average Bonchev–Trinajstić information content (AvgIpc) is 2.67. The summed E-state index contributed by atoms with van der Waals surface area (Å²) in [4.78, 5) is 13.6. The topological polar surface area (TPSA) is 38.1 Å². The molecule has 0 aliphatic heterocycles. The predicted molar refractivity (Wildman–Crippen MR) is 76.3 cm³/mol. The molecule has 1 saturated carbocycles. The van der Waals surface area contributed by atoms with Crippen molar-refractivity contribution in [2.75, 3.05) is 7.05 Å². The van der Waals surface area contributed by atoms with Gasteiger partial charge < -0.3 is 0 Å². The van der Waals surface area contributed by atoms with E-state index in [1.54, 1.807) is 0 Å². The number of rotatable bonds is 4. The quantitative estimate of drug-likeness (QED) is 0.852. The van der Waals surface area contributed by atoms with E-state index >= 15 is 0 Å². The minimum atomic E-state index is 0.400. The van der Waals surface area contributed by atoms with Gasteiger partial charge in [0.05, 0.1) is 16.4 Å². The Labute approximate surface area is 119 Å². The predicted octanol–water partition coefficient (Wildman–Crippen LogP) is 2.58. The summed E-state index contributed by atoms with van der Waals surface area (Å²) in [5.74, 6) is 0.400. The van der Waals surface area contributed by atoms with Crippen LogP contribution in [0.15, 0.2) is 0 Å². The molecule has 0 aromatic carbocycles. The van der Waals surface area contributed by atoms with E-state index in [-0.39, 0.29) is 0 Å². The number of halogens is 1. The Bertz CT molecular complexity index is 460. The molecule has 1 aromatic heterocycles. The number of ketones is 1. The van der Waals surface area contributed by atoms with Crippen molar-refractivity contribution in [3.63, 3.8) is 0 Å². The van der Waals surface area contributed by atoms with Gasteiger partial charge in [-0.3, -0.25) is 14.4 Å². The first kappa shape index (κ1) is 14.5. The molecular weight excluding hydrogens is 262 g/mol. The molecule has 0 spiro atoms. The minimum absolute atomic E-state index is 0.400. The van der Waals surface area contributed by atoms with Crippen LogP contribution in [0.25, 0.3) is 0 Å². The van der Waals surface area contributed by atoms with Gasteiger partial charge in [-0.05, 0) is 26.3 Å². The molecule has 0 N–H and O–H groups in total. The number of aromatic nitrogens is 2. The summed E-state index contributed by atoms with van der Waals surface area (Å²) in [5.41, 5.74) is 2.03. The Balaban J connectivity index is 2.04. The van der Waals surface area contributed by atoms with E-state index in [0.29, 0.717) is 24.7 Å². The van der Waals surface area contributed by atoms with Crippen molar-refractivity contribution in [3.8, 4) is 0 Å². The molecule has 0 atom stereocenters. The highest BCUT2D eigenvalue weighted by Gasteiger charge is 2.24. The van der Waals surface area contributed by atoms with Gasteiger partial charge in [0, 0.05) is 32.5 Å². The molecule has 1 heterocycles. The van der Waals surface area contributed by atoms with Crippen molar-refractivity contribution < 1.29 is 4.79 Å². The second-order valence-corrected chi connectivity index (χ2v) is 5.75. The van der Waals surface area contributed by atoms with Crippen molar-refractivity contribution in [1.29, 1.82) is 0 Å². The third kappa shape index (κ3) is 3.18. The fourth-order valence-corrected chi connectivity index (χ4v) is 3.08. The lowest BCUT2D eigenvalue weighted by Crippen LogP contribution is -2.35. The molecule has 4 nitrogen and oxygen atoms in total. The summed E-state index contributed by atoms with van der Waals surface area (Å²) < 4.78 is 1.88. The van der Waals surface area contributed by atoms with Crippen molar-refractivity contribution in [3.05, 3.63) is 16.4 Å². The summed E-state index contributed by atoms with van der Waals surface area (Å²) in [6, 6.07) is 0.480. The second-order valence-electron chi connectivity index (χ2n) is 5.37. The van der Waals surface area contributed by atoms with E-state index in [9.17, 15) is 4.79 Å². The highest BCUT2D eigenvalue weighted by atomic mass is 35.5. The van der Waals surface area contributed by atoms with Gasteiger partial charge in [-0.2, -0.15) is 5.10 Å². The lowest BCUT2D eigenvalue weighted by Gasteiger charge is -2.30. The first-order valence-corrected chi connectivity index (χ1v) is 7.32. The third-order valence-electron chi connectivity index (χ3n) is 4.04. The maximum Gasteiger partial charge on any atom is 0.133 e. The van der Waals surface area contributed by atoms with Gasteiger partial charge in [0.25, 0.3) is 0 Å². The zero-order valence-corrected chi connectivity index (χ0v) is 12.7. The van der Waals surface area contributed by atoms with Gasteiger partial charge >= 0.3 is 0 Å². The van der Waals surface area contributed by atoms with Crippen LogP contribution in [-0.2, 0) is 24.8 Å². The van der Waals surface area contributed by atoms with Gasteiger partial charge in [0.15, 0.2) is 0 Å². The summed E-state index contributed by atoms with van der Waals surface area (Å²) in [6.45, 7) is 2.86. The lowest BCUT2D eigenvalue weighted by atomic mass is 9.93. The first-order chi connectivity index (χ1) is 9.02. The number of aryl methyl sites for hydroxylation is 2. The van der Waals surface area contributed by atoms with Crippen molar-refractivity contribution in [1.82, 2.24) is 14.7 Å². The van der Waals surface area contributed by atoms with Crippen LogP contribution in [0.3, 0.4) is 0 Å². The summed E-state index contributed by atoms with van der Waals surface area (Å²) in [7, 11) is 4.05. The Morgan fingerprint density at radius 3 is 2.58 bits per heavy atom. The van der Waals surface area contributed by atoms with Crippen LogP contribution < -0.4 is 0 Å². The van der Waals surface area contributed by atoms with Gasteiger partial charge in [-0.25, -0.2) is 0 Å². The monoisotopic (exact) mass is 283 g/mol. The van der Waals surface area contributed by atoms with Crippen LogP contribution in [0.4, 0.5) is 0 Å². The van der Waals surface area contributed by atoms with Gasteiger partial charge in [-0.15, -0.1) is 0 Å². The van der Waals surface area contributed by atoms with Crippen LogP contribution in [0.1, 0.15) is 44.0 Å². The highest BCUT2D eigenvalue weighted by Crippen LogP contribution is 2.25. The molecular formula is C14H22ClN3O. The van der Waals surface area contributed by atoms with E-state index in [1.807, 2.05) is 11.7 Å². The average molecular weight is 284 g/mol. The Hall–Kier alpha value is -0.870. The molecule has 0 amide bonds. The van der Waals surface area contributed by atoms with Crippen LogP contribution in [0.2, 0.25) is 5.02 Å². The third-order valence-corrected chi connectivity index (χ3v) is 4.47. The highest BCUT2D eigenvalue weighted by molar-refractivity contribution is 6.31. The van der Waals surface area contributed by atoms with E-state index in [2.05, 4.69) is 24.0 Å². The summed E-state index contributed by atoms with van der Waals surface area (Å²) in [5, 5.41) is 5.24. The molecule has 106 valence electrons. The molecule has 0 radical (unpaired) electrons.